The molecular weight excluding hydrogens is 395 g/mol. The molecular formula is C14H12BrF3N3O3-. The molecule has 1 aliphatic rings. The van der Waals surface area contributed by atoms with Crippen LogP contribution >= 0.6 is 15.9 Å². The number of likely N-dealkylation sites (tertiary alicyclic amines) is 1. The second-order valence-corrected chi connectivity index (χ2v) is 6.49. The molecule has 10 heteroatoms. The number of halogens is 4. The van der Waals surface area contributed by atoms with Crippen molar-refractivity contribution in [3.8, 4) is 0 Å². The van der Waals surface area contributed by atoms with Crippen LogP contribution in [-0.4, -0.2) is 33.6 Å². The summed E-state index contributed by atoms with van der Waals surface area (Å²) in [5, 5.41) is 10.8. The SMILES string of the molecule is O=C([O-])N1CCC(n2c(=O)[nH]c3cc(C(F)(F)F)c(Br)cc32)CC1. The van der Waals surface area contributed by atoms with E-state index in [1.165, 1.54) is 10.6 Å². The lowest BCUT2D eigenvalue weighted by Gasteiger charge is -2.34. The third kappa shape index (κ3) is 2.90. The van der Waals surface area contributed by atoms with Gasteiger partial charge < -0.3 is 19.8 Å². The quantitative estimate of drug-likeness (QED) is 0.786. The minimum Gasteiger partial charge on any atom is -0.530 e. The number of nitrogens with one attached hydrogen (secondary N) is 1. The van der Waals surface area contributed by atoms with Gasteiger partial charge in [-0.1, -0.05) is 15.9 Å². The summed E-state index contributed by atoms with van der Waals surface area (Å²) in [6.07, 6.45) is -5.03. The number of carboxylic acid groups (broad SMARTS) is 1. The fourth-order valence-corrected chi connectivity index (χ4v) is 3.59. The lowest BCUT2D eigenvalue weighted by atomic mass is 10.0. The van der Waals surface area contributed by atoms with Gasteiger partial charge in [-0.15, -0.1) is 0 Å². The predicted octanol–water partition coefficient (Wildman–Crippen LogP) is 2.09. The topological polar surface area (TPSA) is 81.2 Å². The minimum absolute atomic E-state index is 0.0952. The molecule has 1 fully saturated rings. The number of alkyl halides is 3. The zero-order valence-electron chi connectivity index (χ0n) is 12.2. The van der Waals surface area contributed by atoms with E-state index in [1.54, 1.807) is 0 Å². The summed E-state index contributed by atoms with van der Waals surface area (Å²) < 4.78 is 40.1. The number of imidazole rings is 1. The van der Waals surface area contributed by atoms with Crippen LogP contribution in [0.5, 0.6) is 0 Å². The Morgan fingerprint density at radius 1 is 1.29 bits per heavy atom. The van der Waals surface area contributed by atoms with Crippen molar-refractivity contribution in [3.05, 3.63) is 32.7 Å². The van der Waals surface area contributed by atoms with Gasteiger partial charge in [0, 0.05) is 23.6 Å². The van der Waals surface area contributed by atoms with Gasteiger partial charge in [-0.25, -0.2) is 4.79 Å². The smallest absolute Gasteiger partial charge is 0.417 e. The summed E-state index contributed by atoms with van der Waals surface area (Å²) in [6.45, 7) is 0.432. The molecule has 6 nitrogen and oxygen atoms in total. The molecule has 2 aromatic rings. The molecule has 24 heavy (non-hydrogen) atoms. The fraction of sp³-hybridized carbons (Fsp3) is 0.429. The molecule has 3 rings (SSSR count). The average molecular weight is 407 g/mol. The van der Waals surface area contributed by atoms with Crippen molar-refractivity contribution >= 4 is 33.1 Å². The second-order valence-electron chi connectivity index (χ2n) is 5.63. The molecule has 1 aromatic carbocycles. The number of carbonyl (C=O) groups is 1. The van der Waals surface area contributed by atoms with E-state index in [0.29, 0.717) is 18.4 Å². The molecule has 130 valence electrons. The highest BCUT2D eigenvalue weighted by Crippen LogP contribution is 2.37. The zero-order valence-corrected chi connectivity index (χ0v) is 13.8. The number of hydrogen-bond donors (Lipinski definition) is 1. The molecule has 0 bridgehead atoms. The molecule has 0 radical (unpaired) electrons. The zero-order chi connectivity index (χ0) is 17.6. The van der Waals surface area contributed by atoms with Gasteiger partial charge in [0.05, 0.1) is 16.6 Å². The molecule has 1 amide bonds. The van der Waals surface area contributed by atoms with Gasteiger partial charge in [-0.05, 0) is 25.0 Å². The lowest BCUT2D eigenvalue weighted by Crippen LogP contribution is -2.46. The summed E-state index contributed by atoms with van der Waals surface area (Å²) in [6, 6.07) is 1.87. The van der Waals surface area contributed by atoms with Crippen LogP contribution in [0.2, 0.25) is 0 Å². The van der Waals surface area contributed by atoms with Crippen molar-refractivity contribution in [2.24, 2.45) is 0 Å². The summed E-state index contributed by atoms with van der Waals surface area (Å²) in [5.74, 6) is 0. The van der Waals surface area contributed by atoms with Gasteiger partial charge in [0.1, 0.15) is 6.09 Å². The van der Waals surface area contributed by atoms with Crippen molar-refractivity contribution in [2.75, 3.05) is 13.1 Å². The Kier molecular flexibility index (Phi) is 4.10. The molecule has 1 aromatic heterocycles. The van der Waals surface area contributed by atoms with Crippen molar-refractivity contribution in [3.63, 3.8) is 0 Å². The van der Waals surface area contributed by atoms with Crippen LogP contribution in [0.15, 0.2) is 21.4 Å². The number of aromatic amines is 1. The van der Waals surface area contributed by atoms with Crippen LogP contribution < -0.4 is 10.8 Å². The highest BCUT2D eigenvalue weighted by molar-refractivity contribution is 9.10. The Labute approximate surface area is 142 Å². The van der Waals surface area contributed by atoms with Crippen LogP contribution in [0.3, 0.4) is 0 Å². The first-order valence-electron chi connectivity index (χ1n) is 7.15. The Morgan fingerprint density at radius 3 is 2.46 bits per heavy atom. The number of rotatable bonds is 1. The molecule has 1 aliphatic heterocycles. The van der Waals surface area contributed by atoms with Gasteiger partial charge in [0.15, 0.2) is 0 Å². The van der Waals surface area contributed by atoms with E-state index in [4.69, 9.17) is 0 Å². The predicted molar refractivity (Wildman–Crippen MR) is 80.5 cm³/mol. The first-order valence-corrected chi connectivity index (χ1v) is 7.94. The standard InChI is InChI=1S/C14H13BrF3N3O3/c15-9-6-11-10(5-8(9)14(16,17)18)19-12(22)21(11)7-1-3-20(4-2-7)13(23)24/h5-7H,1-4H2,(H,19,22)(H,23,24)/p-1. The van der Waals surface area contributed by atoms with Crippen LogP contribution in [-0.2, 0) is 6.18 Å². The van der Waals surface area contributed by atoms with Crippen LogP contribution in [0.4, 0.5) is 18.0 Å². The third-order valence-corrected chi connectivity index (χ3v) is 4.85. The van der Waals surface area contributed by atoms with Gasteiger partial charge in [0.25, 0.3) is 0 Å². The minimum atomic E-state index is -4.54. The highest BCUT2D eigenvalue weighted by atomic mass is 79.9. The third-order valence-electron chi connectivity index (χ3n) is 4.20. The number of aromatic nitrogens is 2. The molecule has 2 heterocycles. The van der Waals surface area contributed by atoms with Crippen LogP contribution in [0.1, 0.15) is 24.4 Å². The summed E-state index contributed by atoms with van der Waals surface area (Å²) in [5.41, 5.74) is -0.928. The van der Waals surface area contributed by atoms with Crippen molar-refractivity contribution in [1.29, 1.82) is 0 Å². The number of nitrogens with zero attached hydrogens (tertiary/aromatic N) is 2. The first kappa shape index (κ1) is 16.9. The van der Waals surface area contributed by atoms with Crippen molar-refractivity contribution in [2.45, 2.75) is 25.1 Å². The van der Waals surface area contributed by atoms with Gasteiger partial charge in [-0.2, -0.15) is 13.2 Å². The van der Waals surface area contributed by atoms with E-state index in [2.05, 4.69) is 20.9 Å². The Balaban J connectivity index is 2.01. The molecule has 0 atom stereocenters. The maximum atomic E-state index is 13.0. The van der Waals surface area contributed by atoms with E-state index in [9.17, 15) is 27.9 Å². The van der Waals surface area contributed by atoms with Gasteiger partial charge >= 0.3 is 11.9 Å². The summed E-state index contributed by atoms with van der Waals surface area (Å²) >= 11 is 2.91. The lowest BCUT2D eigenvalue weighted by molar-refractivity contribution is -0.266. The number of carbonyl (C=O) groups excluding carboxylic acids is 1. The average Bonchev–Trinajstić information content (AvgIpc) is 2.80. The number of amides is 1. The number of benzene rings is 1. The van der Waals surface area contributed by atoms with Crippen LogP contribution in [0, 0.1) is 0 Å². The monoisotopic (exact) mass is 406 g/mol. The number of piperidine rings is 1. The van der Waals surface area contributed by atoms with Crippen molar-refractivity contribution in [1.82, 2.24) is 14.5 Å². The van der Waals surface area contributed by atoms with E-state index in [-0.39, 0.29) is 29.1 Å². The van der Waals surface area contributed by atoms with Crippen molar-refractivity contribution < 1.29 is 23.1 Å². The van der Waals surface area contributed by atoms with E-state index >= 15 is 0 Å². The Hall–Kier alpha value is -1.97. The number of hydrogen-bond acceptors (Lipinski definition) is 3. The Bertz CT molecular complexity index is 851. The van der Waals surface area contributed by atoms with E-state index in [1.807, 2.05) is 0 Å². The Morgan fingerprint density at radius 2 is 1.92 bits per heavy atom. The normalized spacial score (nSPS) is 16.8. The molecule has 0 spiro atoms. The summed E-state index contributed by atoms with van der Waals surface area (Å²) in [4.78, 5) is 26.6. The maximum absolute atomic E-state index is 13.0. The molecule has 0 aliphatic carbocycles. The van der Waals surface area contributed by atoms with Crippen LogP contribution in [0.25, 0.3) is 11.0 Å². The number of H-pyrrole nitrogens is 1. The molecule has 1 N–H and O–H groups in total. The van der Waals surface area contributed by atoms with Gasteiger partial charge in [0.2, 0.25) is 0 Å². The maximum Gasteiger partial charge on any atom is 0.417 e. The largest absolute Gasteiger partial charge is 0.530 e. The van der Waals surface area contributed by atoms with E-state index < -0.39 is 23.5 Å². The number of fused-ring (bicyclic) bond motifs is 1. The molecule has 0 unspecified atom stereocenters. The first-order chi connectivity index (χ1) is 11.2. The van der Waals surface area contributed by atoms with Gasteiger partial charge in [-0.3, -0.25) is 4.57 Å². The highest BCUT2D eigenvalue weighted by Gasteiger charge is 2.34. The second kappa shape index (κ2) is 5.83. The fourth-order valence-electron chi connectivity index (χ4n) is 3.03. The molecule has 1 saturated heterocycles. The summed E-state index contributed by atoms with van der Waals surface area (Å²) in [7, 11) is 0. The molecule has 0 saturated carbocycles. The van der Waals surface area contributed by atoms with E-state index in [0.717, 1.165) is 11.0 Å².